The van der Waals surface area contributed by atoms with Crippen molar-refractivity contribution in [3.8, 4) is 0 Å². The number of likely N-dealkylation sites (tertiary alicyclic amines) is 1. The molecule has 8 heteroatoms. The molecule has 1 aliphatic heterocycles. The Morgan fingerprint density at radius 1 is 1.22 bits per heavy atom. The van der Waals surface area contributed by atoms with Crippen LogP contribution in [0.5, 0.6) is 0 Å². The summed E-state index contributed by atoms with van der Waals surface area (Å²) in [4.78, 5) is 17.9. The molecule has 7 nitrogen and oxygen atoms in total. The van der Waals surface area contributed by atoms with Gasteiger partial charge >= 0.3 is 0 Å². The van der Waals surface area contributed by atoms with Crippen LogP contribution in [0.1, 0.15) is 53.1 Å². The highest BCUT2D eigenvalue weighted by Crippen LogP contribution is 2.31. The number of anilines is 2. The van der Waals surface area contributed by atoms with Gasteiger partial charge in [-0.15, -0.1) is 11.3 Å². The molecule has 4 heterocycles. The van der Waals surface area contributed by atoms with E-state index in [1.807, 2.05) is 26.0 Å². The molecule has 27 heavy (non-hydrogen) atoms. The lowest BCUT2D eigenvalue weighted by molar-refractivity contribution is 0.132. The van der Waals surface area contributed by atoms with Gasteiger partial charge in [-0.2, -0.15) is 5.10 Å². The molecule has 1 aliphatic rings. The summed E-state index contributed by atoms with van der Waals surface area (Å²) in [5.41, 5.74) is 3.16. The van der Waals surface area contributed by atoms with Gasteiger partial charge in [0.1, 0.15) is 11.6 Å². The summed E-state index contributed by atoms with van der Waals surface area (Å²) in [7, 11) is 0. The summed E-state index contributed by atoms with van der Waals surface area (Å²) in [6.07, 6.45) is 5.29. The number of aryl methyl sites for hydroxylation is 3. The van der Waals surface area contributed by atoms with Crippen molar-refractivity contribution in [3.63, 3.8) is 0 Å². The second-order valence-electron chi connectivity index (χ2n) is 7.10. The first-order chi connectivity index (χ1) is 13.1. The molecule has 1 fully saturated rings. The van der Waals surface area contributed by atoms with Gasteiger partial charge in [0.05, 0.1) is 11.7 Å². The smallest absolute Gasteiger partial charge is 0.188 e. The van der Waals surface area contributed by atoms with E-state index in [0.29, 0.717) is 0 Å². The van der Waals surface area contributed by atoms with Crippen LogP contribution in [0.25, 0.3) is 0 Å². The van der Waals surface area contributed by atoms with Crippen LogP contribution < -0.4 is 5.32 Å². The monoisotopic (exact) mass is 383 g/mol. The molecule has 1 saturated heterocycles. The molecule has 2 N–H and O–H groups in total. The van der Waals surface area contributed by atoms with Crippen LogP contribution in [0.3, 0.4) is 0 Å². The lowest BCUT2D eigenvalue weighted by Gasteiger charge is -2.34. The lowest BCUT2D eigenvalue weighted by Crippen LogP contribution is -2.34. The van der Waals surface area contributed by atoms with Gasteiger partial charge in [0.2, 0.25) is 0 Å². The Bertz CT molecular complexity index is 883. The SMILES string of the molecule is Cc1cc(Nc2nc(C)c(C)s2)nc(C2CCCCN2Cc2ccn[nH]2)n1. The number of hydrogen-bond donors (Lipinski definition) is 2. The highest BCUT2D eigenvalue weighted by Gasteiger charge is 2.27. The molecular weight excluding hydrogens is 358 g/mol. The van der Waals surface area contributed by atoms with Gasteiger partial charge < -0.3 is 5.32 Å². The van der Waals surface area contributed by atoms with Crippen molar-refractivity contribution < 1.29 is 0 Å². The van der Waals surface area contributed by atoms with Crippen LogP contribution in [0, 0.1) is 20.8 Å². The van der Waals surface area contributed by atoms with Crippen molar-refractivity contribution in [2.75, 3.05) is 11.9 Å². The number of aromatic amines is 1. The molecular formula is C19H25N7S. The number of nitrogens with one attached hydrogen (secondary N) is 2. The molecule has 1 unspecified atom stereocenters. The first kappa shape index (κ1) is 18.1. The van der Waals surface area contributed by atoms with E-state index in [1.165, 1.54) is 17.7 Å². The second-order valence-corrected chi connectivity index (χ2v) is 8.31. The van der Waals surface area contributed by atoms with Crippen molar-refractivity contribution in [2.45, 2.75) is 52.6 Å². The zero-order valence-corrected chi connectivity index (χ0v) is 16.8. The molecule has 0 spiro atoms. The molecule has 0 aliphatic carbocycles. The third-order valence-electron chi connectivity index (χ3n) is 4.98. The maximum atomic E-state index is 4.85. The molecule has 0 saturated carbocycles. The minimum atomic E-state index is 0.224. The molecule has 0 radical (unpaired) electrons. The number of aromatic nitrogens is 5. The summed E-state index contributed by atoms with van der Waals surface area (Å²) >= 11 is 1.66. The van der Waals surface area contributed by atoms with Crippen LogP contribution in [0.4, 0.5) is 10.9 Å². The summed E-state index contributed by atoms with van der Waals surface area (Å²) in [6.45, 7) is 8.04. The van der Waals surface area contributed by atoms with E-state index in [4.69, 9.17) is 9.97 Å². The Morgan fingerprint density at radius 3 is 2.85 bits per heavy atom. The highest BCUT2D eigenvalue weighted by atomic mass is 32.1. The van der Waals surface area contributed by atoms with Gasteiger partial charge in [0.15, 0.2) is 5.13 Å². The van der Waals surface area contributed by atoms with Crippen molar-refractivity contribution in [3.05, 3.63) is 46.1 Å². The number of thiazole rings is 1. The van der Waals surface area contributed by atoms with Crippen LogP contribution in [0.15, 0.2) is 18.3 Å². The Morgan fingerprint density at radius 2 is 2.11 bits per heavy atom. The molecule has 4 rings (SSSR count). The standard InChI is InChI=1S/C19H25N7S/c1-12-10-17(24-19-22-13(2)14(3)27-19)23-18(21-12)16-6-4-5-9-26(16)11-15-7-8-20-25-15/h7-8,10,16H,4-6,9,11H2,1-3H3,(H,20,25)(H,21,22,23,24). The number of piperidine rings is 1. The molecule has 1 atom stereocenters. The zero-order chi connectivity index (χ0) is 18.8. The van der Waals surface area contributed by atoms with E-state index in [1.54, 1.807) is 17.5 Å². The van der Waals surface area contributed by atoms with Crippen molar-refractivity contribution in [1.82, 2.24) is 30.0 Å². The number of rotatable bonds is 5. The highest BCUT2D eigenvalue weighted by molar-refractivity contribution is 7.15. The third-order valence-corrected chi connectivity index (χ3v) is 5.97. The van der Waals surface area contributed by atoms with Crippen molar-refractivity contribution in [1.29, 1.82) is 0 Å². The predicted molar refractivity (Wildman–Crippen MR) is 107 cm³/mol. The maximum absolute atomic E-state index is 4.85. The quantitative estimate of drug-likeness (QED) is 0.691. The molecule has 0 amide bonds. The van der Waals surface area contributed by atoms with Crippen LogP contribution >= 0.6 is 11.3 Å². The van der Waals surface area contributed by atoms with Gasteiger partial charge in [-0.05, 0) is 46.2 Å². The summed E-state index contributed by atoms with van der Waals surface area (Å²) < 4.78 is 0. The summed E-state index contributed by atoms with van der Waals surface area (Å²) in [6, 6.07) is 4.24. The topological polar surface area (TPSA) is 82.6 Å². The number of H-pyrrole nitrogens is 1. The van der Waals surface area contributed by atoms with Gasteiger partial charge in [-0.3, -0.25) is 10.00 Å². The Kier molecular flexibility index (Phi) is 5.18. The largest absolute Gasteiger partial charge is 0.316 e. The first-order valence-corrected chi connectivity index (χ1v) is 10.2. The summed E-state index contributed by atoms with van der Waals surface area (Å²) in [5.74, 6) is 1.71. The van der Waals surface area contributed by atoms with Gasteiger partial charge in [0.25, 0.3) is 0 Å². The second kappa shape index (κ2) is 7.74. The van der Waals surface area contributed by atoms with E-state index in [-0.39, 0.29) is 6.04 Å². The Balaban J connectivity index is 1.58. The van der Waals surface area contributed by atoms with Gasteiger partial charge in [-0.1, -0.05) is 6.42 Å². The predicted octanol–water partition coefficient (Wildman–Crippen LogP) is 4.05. The fourth-order valence-corrected chi connectivity index (χ4v) is 4.33. The van der Waals surface area contributed by atoms with Gasteiger partial charge in [0, 0.05) is 35.1 Å². The first-order valence-electron chi connectivity index (χ1n) is 9.37. The van der Waals surface area contributed by atoms with E-state index in [0.717, 1.165) is 53.4 Å². The van der Waals surface area contributed by atoms with E-state index < -0.39 is 0 Å². The summed E-state index contributed by atoms with van der Waals surface area (Å²) in [5, 5.41) is 11.4. The minimum absolute atomic E-state index is 0.224. The average Bonchev–Trinajstić information content (AvgIpc) is 3.25. The molecule has 0 aromatic carbocycles. The third kappa shape index (κ3) is 4.17. The fraction of sp³-hybridized carbons (Fsp3) is 0.474. The molecule has 142 valence electrons. The lowest BCUT2D eigenvalue weighted by atomic mass is 10.0. The fourth-order valence-electron chi connectivity index (χ4n) is 3.50. The Labute approximate surface area is 163 Å². The molecule has 3 aromatic rings. The van der Waals surface area contributed by atoms with Crippen molar-refractivity contribution >= 4 is 22.3 Å². The number of nitrogens with zero attached hydrogens (tertiary/aromatic N) is 5. The van der Waals surface area contributed by atoms with Gasteiger partial charge in [-0.25, -0.2) is 15.0 Å². The normalized spacial score (nSPS) is 18.0. The minimum Gasteiger partial charge on any atom is -0.316 e. The van der Waals surface area contributed by atoms with E-state index in [9.17, 15) is 0 Å². The number of hydrogen-bond acceptors (Lipinski definition) is 7. The van der Waals surface area contributed by atoms with Crippen LogP contribution in [0.2, 0.25) is 0 Å². The molecule has 0 bridgehead atoms. The maximum Gasteiger partial charge on any atom is 0.188 e. The van der Waals surface area contributed by atoms with Crippen LogP contribution in [-0.4, -0.2) is 36.6 Å². The van der Waals surface area contributed by atoms with E-state index >= 15 is 0 Å². The van der Waals surface area contributed by atoms with Crippen molar-refractivity contribution in [2.24, 2.45) is 0 Å². The molecule has 3 aromatic heterocycles. The Hall–Kier alpha value is -2.32. The van der Waals surface area contributed by atoms with E-state index in [2.05, 4.69) is 32.3 Å². The van der Waals surface area contributed by atoms with Crippen LogP contribution in [-0.2, 0) is 6.54 Å². The average molecular weight is 384 g/mol. The zero-order valence-electron chi connectivity index (χ0n) is 16.0.